The lowest BCUT2D eigenvalue weighted by molar-refractivity contribution is 0.157. The third-order valence-corrected chi connectivity index (χ3v) is 4.81. The molecule has 3 unspecified atom stereocenters. The minimum absolute atomic E-state index is 0.413. The van der Waals surface area contributed by atoms with Crippen LogP contribution in [0.1, 0.15) is 40.0 Å². The van der Waals surface area contributed by atoms with Crippen LogP contribution < -0.4 is 5.73 Å². The van der Waals surface area contributed by atoms with Gasteiger partial charge in [0.1, 0.15) is 0 Å². The second kappa shape index (κ2) is 3.79. The summed E-state index contributed by atoms with van der Waals surface area (Å²) in [7, 11) is 0. The maximum Gasteiger partial charge on any atom is 0.0140 e. The SMILES string of the molecule is CC1CC=C2C=C(CN)CCC2(C)C1C. The molecule has 0 saturated carbocycles. The average molecular weight is 205 g/mol. The number of hydrogen-bond acceptors (Lipinski definition) is 1. The molecule has 1 heteroatoms. The molecule has 0 spiro atoms. The fraction of sp³-hybridized carbons (Fsp3) is 0.714. The first kappa shape index (κ1) is 10.9. The van der Waals surface area contributed by atoms with E-state index in [0.29, 0.717) is 5.41 Å². The van der Waals surface area contributed by atoms with Gasteiger partial charge in [-0.2, -0.15) is 0 Å². The van der Waals surface area contributed by atoms with Crippen LogP contribution in [0.25, 0.3) is 0 Å². The number of fused-ring (bicyclic) bond motifs is 1. The Morgan fingerprint density at radius 2 is 2.20 bits per heavy atom. The van der Waals surface area contributed by atoms with Gasteiger partial charge in [-0.05, 0) is 42.1 Å². The van der Waals surface area contributed by atoms with Crippen molar-refractivity contribution in [1.82, 2.24) is 0 Å². The Balaban J connectivity index is 2.35. The number of hydrogen-bond donors (Lipinski definition) is 1. The predicted octanol–water partition coefficient (Wildman–Crippen LogP) is 3.27. The number of nitrogens with two attached hydrogens (primary N) is 1. The largest absolute Gasteiger partial charge is 0.327 e. The van der Waals surface area contributed by atoms with Gasteiger partial charge in [-0.3, -0.25) is 0 Å². The minimum atomic E-state index is 0.413. The Morgan fingerprint density at radius 3 is 2.87 bits per heavy atom. The molecule has 0 aromatic heterocycles. The van der Waals surface area contributed by atoms with E-state index in [1.54, 1.807) is 5.57 Å². The van der Waals surface area contributed by atoms with Crippen molar-refractivity contribution >= 4 is 0 Å². The van der Waals surface area contributed by atoms with Gasteiger partial charge in [0.2, 0.25) is 0 Å². The van der Waals surface area contributed by atoms with Crippen molar-refractivity contribution < 1.29 is 0 Å². The van der Waals surface area contributed by atoms with E-state index in [9.17, 15) is 0 Å². The van der Waals surface area contributed by atoms with E-state index in [0.717, 1.165) is 18.4 Å². The molecule has 84 valence electrons. The summed E-state index contributed by atoms with van der Waals surface area (Å²) in [6.07, 6.45) is 8.53. The summed E-state index contributed by atoms with van der Waals surface area (Å²) in [6.45, 7) is 7.96. The lowest BCUT2D eigenvalue weighted by Gasteiger charge is -2.46. The van der Waals surface area contributed by atoms with Crippen LogP contribution in [0.2, 0.25) is 0 Å². The van der Waals surface area contributed by atoms with Gasteiger partial charge in [-0.15, -0.1) is 0 Å². The molecule has 0 aromatic carbocycles. The summed E-state index contributed by atoms with van der Waals surface area (Å²) in [4.78, 5) is 0. The highest BCUT2D eigenvalue weighted by molar-refractivity contribution is 5.36. The average Bonchev–Trinajstić information content (AvgIpc) is 2.25. The molecule has 1 nitrogen and oxygen atoms in total. The van der Waals surface area contributed by atoms with Crippen molar-refractivity contribution in [3.05, 3.63) is 23.3 Å². The Morgan fingerprint density at radius 1 is 1.47 bits per heavy atom. The molecular weight excluding hydrogens is 182 g/mol. The zero-order chi connectivity index (χ0) is 11.1. The van der Waals surface area contributed by atoms with Crippen molar-refractivity contribution in [2.45, 2.75) is 40.0 Å². The summed E-state index contributed by atoms with van der Waals surface area (Å²) >= 11 is 0. The van der Waals surface area contributed by atoms with Gasteiger partial charge in [-0.1, -0.05) is 38.5 Å². The molecule has 2 rings (SSSR count). The van der Waals surface area contributed by atoms with E-state index in [1.165, 1.54) is 24.8 Å². The first-order valence-corrected chi connectivity index (χ1v) is 6.18. The molecule has 0 saturated heterocycles. The first-order valence-electron chi connectivity index (χ1n) is 6.18. The highest BCUT2D eigenvalue weighted by Crippen LogP contribution is 2.51. The molecule has 3 atom stereocenters. The van der Waals surface area contributed by atoms with E-state index in [1.807, 2.05) is 0 Å². The Labute approximate surface area is 93.4 Å². The van der Waals surface area contributed by atoms with Gasteiger partial charge >= 0.3 is 0 Å². The van der Waals surface area contributed by atoms with Crippen LogP contribution in [-0.4, -0.2) is 6.54 Å². The van der Waals surface area contributed by atoms with Crippen molar-refractivity contribution in [3.63, 3.8) is 0 Å². The molecule has 2 aliphatic rings. The van der Waals surface area contributed by atoms with Crippen LogP contribution >= 0.6 is 0 Å². The molecule has 0 aromatic rings. The van der Waals surface area contributed by atoms with E-state index in [-0.39, 0.29) is 0 Å². The van der Waals surface area contributed by atoms with E-state index < -0.39 is 0 Å². The Bertz CT molecular complexity index is 313. The molecule has 2 aliphatic carbocycles. The fourth-order valence-electron chi connectivity index (χ4n) is 3.11. The van der Waals surface area contributed by atoms with Crippen molar-refractivity contribution in [2.24, 2.45) is 23.0 Å². The zero-order valence-corrected chi connectivity index (χ0v) is 10.2. The van der Waals surface area contributed by atoms with Gasteiger partial charge in [0.15, 0.2) is 0 Å². The molecule has 0 aliphatic heterocycles. The molecule has 2 N–H and O–H groups in total. The summed E-state index contributed by atoms with van der Waals surface area (Å²) in [5.74, 6) is 1.62. The molecule has 0 bridgehead atoms. The van der Waals surface area contributed by atoms with Gasteiger partial charge < -0.3 is 5.73 Å². The van der Waals surface area contributed by atoms with Crippen molar-refractivity contribution in [1.29, 1.82) is 0 Å². The monoisotopic (exact) mass is 205 g/mol. The summed E-state index contributed by atoms with van der Waals surface area (Å²) in [5, 5.41) is 0. The van der Waals surface area contributed by atoms with Gasteiger partial charge in [0.05, 0.1) is 0 Å². The summed E-state index contributed by atoms with van der Waals surface area (Å²) < 4.78 is 0. The van der Waals surface area contributed by atoms with E-state index >= 15 is 0 Å². The van der Waals surface area contributed by atoms with Crippen molar-refractivity contribution in [3.8, 4) is 0 Å². The van der Waals surface area contributed by atoms with Crippen LogP contribution in [0.4, 0.5) is 0 Å². The van der Waals surface area contributed by atoms with Crippen LogP contribution in [0.5, 0.6) is 0 Å². The molecule has 0 fully saturated rings. The van der Waals surface area contributed by atoms with Gasteiger partial charge in [0.25, 0.3) is 0 Å². The van der Waals surface area contributed by atoms with Gasteiger partial charge in [0, 0.05) is 6.54 Å². The Kier molecular flexibility index (Phi) is 2.76. The molecule has 0 amide bonds. The predicted molar refractivity (Wildman–Crippen MR) is 65.5 cm³/mol. The second-order valence-electron chi connectivity index (χ2n) is 5.59. The van der Waals surface area contributed by atoms with Crippen LogP contribution in [0.3, 0.4) is 0 Å². The number of rotatable bonds is 1. The normalized spacial score (nSPS) is 40.5. The molecule has 0 heterocycles. The Hall–Kier alpha value is -0.560. The van der Waals surface area contributed by atoms with E-state index in [4.69, 9.17) is 5.73 Å². The summed E-state index contributed by atoms with van der Waals surface area (Å²) in [5.41, 5.74) is 9.13. The quantitative estimate of drug-likeness (QED) is 0.698. The molecular formula is C14H23N. The van der Waals surface area contributed by atoms with Crippen LogP contribution in [0.15, 0.2) is 23.3 Å². The van der Waals surface area contributed by atoms with E-state index in [2.05, 4.69) is 32.9 Å². The highest BCUT2D eigenvalue weighted by atomic mass is 14.5. The topological polar surface area (TPSA) is 26.0 Å². The standard InChI is InChI=1S/C14H23N/c1-10-4-5-13-8-12(9-15)6-7-14(13,3)11(10)2/h5,8,10-11H,4,6-7,9,15H2,1-3H3. The molecule has 15 heavy (non-hydrogen) atoms. The fourth-order valence-corrected chi connectivity index (χ4v) is 3.11. The summed E-state index contributed by atoms with van der Waals surface area (Å²) in [6, 6.07) is 0. The van der Waals surface area contributed by atoms with Crippen LogP contribution in [0, 0.1) is 17.3 Å². The number of allylic oxidation sites excluding steroid dienone is 3. The van der Waals surface area contributed by atoms with Crippen LogP contribution in [-0.2, 0) is 0 Å². The zero-order valence-electron chi connectivity index (χ0n) is 10.2. The maximum absolute atomic E-state index is 5.73. The second-order valence-corrected chi connectivity index (χ2v) is 5.59. The third-order valence-electron chi connectivity index (χ3n) is 4.81. The lowest BCUT2D eigenvalue weighted by atomic mass is 9.59. The smallest absolute Gasteiger partial charge is 0.0140 e. The molecule has 0 radical (unpaired) electrons. The minimum Gasteiger partial charge on any atom is -0.327 e. The van der Waals surface area contributed by atoms with Crippen molar-refractivity contribution in [2.75, 3.05) is 6.54 Å². The van der Waals surface area contributed by atoms with Gasteiger partial charge in [-0.25, -0.2) is 0 Å². The highest BCUT2D eigenvalue weighted by Gasteiger charge is 2.40. The third kappa shape index (κ3) is 1.67. The first-order chi connectivity index (χ1) is 7.08. The maximum atomic E-state index is 5.73. The lowest BCUT2D eigenvalue weighted by Crippen LogP contribution is -2.36.